The molecule has 26 heavy (non-hydrogen) atoms. The first-order chi connectivity index (χ1) is 12.7. The van der Waals surface area contributed by atoms with E-state index in [1.54, 1.807) is 18.8 Å². The Hall–Kier alpha value is -2.02. The van der Waals surface area contributed by atoms with Gasteiger partial charge >= 0.3 is 0 Å². The van der Waals surface area contributed by atoms with Crippen molar-refractivity contribution < 1.29 is 4.39 Å². The van der Waals surface area contributed by atoms with Gasteiger partial charge in [-0.05, 0) is 56.2 Å². The van der Waals surface area contributed by atoms with E-state index in [9.17, 15) is 4.39 Å². The molecule has 2 rings (SSSR count). The van der Waals surface area contributed by atoms with Gasteiger partial charge in [-0.1, -0.05) is 0 Å². The zero-order valence-electron chi connectivity index (χ0n) is 15.5. The Morgan fingerprint density at radius 2 is 1.88 bits per heavy atom. The van der Waals surface area contributed by atoms with Crippen LogP contribution in [-0.2, 0) is 6.54 Å². The third-order valence-electron chi connectivity index (χ3n) is 3.96. The molecular weight excluding hydrogens is 349 g/mol. The Labute approximate surface area is 159 Å². The van der Waals surface area contributed by atoms with Gasteiger partial charge < -0.3 is 15.2 Å². The molecular formula is C19H28FN5S. The summed E-state index contributed by atoms with van der Waals surface area (Å²) in [5.41, 5.74) is 0. The van der Waals surface area contributed by atoms with Crippen molar-refractivity contribution in [2.75, 3.05) is 25.9 Å². The normalized spacial score (nSPS) is 11.6. The number of hydrogen-bond donors (Lipinski definition) is 2. The number of halogens is 1. The van der Waals surface area contributed by atoms with Gasteiger partial charge in [0.25, 0.3) is 0 Å². The van der Waals surface area contributed by atoms with E-state index in [0.717, 1.165) is 61.3 Å². The van der Waals surface area contributed by atoms with Crippen molar-refractivity contribution in [3.05, 3.63) is 48.3 Å². The molecule has 0 amide bonds. The van der Waals surface area contributed by atoms with Gasteiger partial charge in [-0.25, -0.2) is 9.37 Å². The molecule has 0 bridgehead atoms. The number of nitrogens with one attached hydrogen (secondary N) is 2. The van der Waals surface area contributed by atoms with Crippen LogP contribution in [0.15, 0.2) is 46.5 Å². The number of unbranched alkanes of at least 4 members (excludes halogenated alkanes) is 1. The number of rotatable bonds is 10. The molecule has 1 heterocycles. The quantitative estimate of drug-likeness (QED) is 0.288. The molecule has 0 aliphatic rings. The Balaban J connectivity index is 1.51. The maximum absolute atomic E-state index is 12.9. The van der Waals surface area contributed by atoms with Gasteiger partial charge in [0.2, 0.25) is 0 Å². The van der Waals surface area contributed by atoms with E-state index in [2.05, 4.69) is 25.2 Å². The van der Waals surface area contributed by atoms with Gasteiger partial charge in [-0.3, -0.25) is 4.99 Å². The van der Waals surface area contributed by atoms with Crippen molar-refractivity contribution in [3.8, 4) is 0 Å². The number of aryl methyl sites for hydroxylation is 2. The number of nitrogens with zero attached hydrogens (tertiary/aromatic N) is 3. The molecule has 0 saturated heterocycles. The highest BCUT2D eigenvalue weighted by atomic mass is 32.2. The zero-order valence-corrected chi connectivity index (χ0v) is 16.4. The van der Waals surface area contributed by atoms with Crippen LogP contribution in [-0.4, -0.2) is 41.4 Å². The highest BCUT2D eigenvalue weighted by Crippen LogP contribution is 2.18. The van der Waals surface area contributed by atoms with Crippen molar-refractivity contribution in [2.24, 2.45) is 4.99 Å². The molecule has 2 N–H and O–H groups in total. The smallest absolute Gasteiger partial charge is 0.190 e. The fourth-order valence-corrected chi connectivity index (χ4v) is 3.33. The first-order valence-electron chi connectivity index (χ1n) is 8.99. The molecule has 2 aromatic rings. The van der Waals surface area contributed by atoms with Gasteiger partial charge in [0.1, 0.15) is 11.6 Å². The summed E-state index contributed by atoms with van der Waals surface area (Å²) in [6.45, 7) is 4.79. The lowest BCUT2D eigenvalue weighted by molar-refractivity contribution is 0.588. The lowest BCUT2D eigenvalue weighted by Crippen LogP contribution is -2.38. The van der Waals surface area contributed by atoms with Crippen LogP contribution < -0.4 is 10.6 Å². The molecule has 0 atom stereocenters. The molecule has 0 aliphatic carbocycles. The summed E-state index contributed by atoms with van der Waals surface area (Å²) in [5.74, 6) is 2.70. The SMILES string of the molecule is CN=C(NCCCCn1ccnc1C)NCCCSc1ccc(F)cc1. The average molecular weight is 378 g/mol. The first kappa shape index (κ1) is 20.3. The maximum atomic E-state index is 12.9. The molecule has 7 heteroatoms. The minimum absolute atomic E-state index is 0.189. The third kappa shape index (κ3) is 7.47. The molecule has 0 aliphatic heterocycles. The van der Waals surface area contributed by atoms with Crippen LogP contribution in [0.3, 0.4) is 0 Å². The number of hydrogen-bond acceptors (Lipinski definition) is 3. The number of guanidine groups is 1. The van der Waals surface area contributed by atoms with E-state index in [-0.39, 0.29) is 5.82 Å². The van der Waals surface area contributed by atoms with Gasteiger partial charge in [0, 0.05) is 44.0 Å². The van der Waals surface area contributed by atoms with Crippen molar-refractivity contribution >= 4 is 17.7 Å². The number of benzene rings is 1. The molecule has 0 unspecified atom stereocenters. The van der Waals surface area contributed by atoms with Gasteiger partial charge in [0.05, 0.1) is 0 Å². The molecule has 0 fully saturated rings. The van der Waals surface area contributed by atoms with Crippen LogP contribution in [0.2, 0.25) is 0 Å². The number of aliphatic imine (C=N–C) groups is 1. The second-order valence-corrected chi connectivity index (χ2v) is 7.12. The summed E-state index contributed by atoms with van der Waals surface area (Å²) in [6.07, 6.45) is 7.07. The molecule has 0 saturated carbocycles. The predicted molar refractivity (Wildman–Crippen MR) is 107 cm³/mol. The van der Waals surface area contributed by atoms with E-state index < -0.39 is 0 Å². The third-order valence-corrected chi connectivity index (χ3v) is 5.06. The van der Waals surface area contributed by atoms with Crippen LogP contribution in [0.25, 0.3) is 0 Å². The second kappa shape index (κ2) is 11.6. The van der Waals surface area contributed by atoms with E-state index in [0.29, 0.717) is 0 Å². The van der Waals surface area contributed by atoms with E-state index in [1.807, 2.05) is 31.5 Å². The van der Waals surface area contributed by atoms with Gasteiger partial charge in [-0.2, -0.15) is 0 Å². The fourth-order valence-electron chi connectivity index (χ4n) is 2.47. The average Bonchev–Trinajstić information content (AvgIpc) is 3.06. The zero-order chi connectivity index (χ0) is 18.6. The highest BCUT2D eigenvalue weighted by Gasteiger charge is 1.99. The van der Waals surface area contributed by atoms with Gasteiger partial charge in [0.15, 0.2) is 5.96 Å². The lowest BCUT2D eigenvalue weighted by Gasteiger charge is -2.12. The number of imidazole rings is 1. The minimum atomic E-state index is -0.189. The topological polar surface area (TPSA) is 54.2 Å². The highest BCUT2D eigenvalue weighted by molar-refractivity contribution is 7.99. The van der Waals surface area contributed by atoms with Crippen LogP contribution in [0.5, 0.6) is 0 Å². The summed E-state index contributed by atoms with van der Waals surface area (Å²) in [5, 5.41) is 6.67. The summed E-state index contributed by atoms with van der Waals surface area (Å²) in [4.78, 5) is 9.57. The van der Waals surface area contributed by atoms with E-state index in [4.69, 9.17) is 0 Å². The van der Waals surface area contributed by atoms with E-state index in [1.165, 1.54) is 12.1 Å². The van der Waals surface area contributed by atoms with Crippen molar-refractivity contribution in [3.63, 3.8) is 0 Å². The largest absolute Gasteiger partial charge is 0.356 e. The minimum Gasteiger partial charge on any atom is -0.356 e. The Morgan fingerprint density at radius 3 is 2.54 bits per heavy atom. The van der Waals surface area contributed by atoms with Gasteiger partial charge in [-0.15, -0.1) is 11.8 Å². The standard InChI is InChI=1S/C19H28FN5S/c1-16-22-12-14-25(16)13-4-3-10-23-19(21-2)24-11-5-15-26-18-8-6-17(20)7-9-18/h6-9,12,14H,3-5,10-11,13,15H2,1-2H3,(H2,21,23,24). The molecule has 0 spiro atoms. The second-order valence-electron chi connectivity index (χ2n) is 5.96. The summed E-state index contributed by atoms with van der Waals surface area (Å²) in [7, 11) is 1.79. The fraction of sp³-hybridized carbons (Fsp3) is 0.474. The molecule has 142 valence electrons. The summed E-state index contributed by atoms with van der Waals surface area (Å²) >= 11 is 1.74. The van der Waals surface area contributed by atoms with Crippen LogP contribution in [0.1, 0.15) is 25.1 Å². The Bertz CT molecular complexity index is 669. The number of thioether (sulfide) groups is 1. The number of aromatic nitrogens is 2. The van der Waals surface area contributed by atoms with Crippen molar-refractivity contribution in [1.29, 1.82) is 0 Å². The Kier molecular flexibility index (Phi) is 9.03. The van der Waals surface area contributed by atoms with Crippen LogP contribution in [0, 0.1) is 12.7 Å². The van der Waals surface area contributed by atoms with Crippen LogP contribution >= 0.6 is 11.8 Å². The maximum Gasteiger partial charge on any atom is 0.190 e. The first-order valence-corrected chi connectivity index (χ1v) is 9.98. The Morgan fingerprint density at radius 1 is 1.15 bits per heavy atom. The molecule has 5 nitrogen and oxygen atoms in total. The molecule has 0 radical (unpaired) electrons. The summed E-state index contributed by atoms with van der Waals surface area (Å²) < 4.78 is 15.0. The molecule has 1 aromatic heterocycles. The van der Waals surface area contributed by atoms with Crippen molar-refractivity contribution in [1.82, 2.24) is 20.2 Å². The van der Waals surface area contributed by atoms with E-state index >= 15 is 0 Å². The monoisotopic (exact) mass is 377 g/mol. The predicted octanol–water partition coefficient (Wildman–Crippen LogP) is 3.46. The molecule has 1 aromatic carbocycles. The van der Waals surface area contributed by atoms with Crippen LogP contribution in [0.4, 0.5) is 4.39 Å². The summed E-state index contributed by atoms with van der Waals surface area (Å²) in [6, 6.07) is 6.64. The van der Waals surface area contributed by atoms with Crippen molar-refractivity contribution in [2.45, 2.75) is 37.6 Å². The lowest BCUT2D eigenvalue weighted by atomic mass is 10.3.